The van der Waals surface area contributed by atoms with Crippen LogP contribution in [-0.4, -0.2) is 52.0 Å². The summed E-state index contributed by atoms with van der Waals surface area (Å²) in [4.78, 5) is 34.2. The number of thiazole rings is 1. The number of benzene rings is 1. The third-order valence-electron chi connectivity index (χ3n) is 6.51. The third kappa shape index (κ3) is 6.26. The molecule has 0 fully saturated rings. The summed E-state index contributed by atoms with van der Waals surface area (Å²) >= 11 is 1.40. The monoisotopic (exact) mass is 510 g/mol. The maximum Gasteiger partial charge on any atom is 0.304 e. The lowest BCUT2D eigenvalue weighted by Crippen LogP contribution is -2.26. The Balaban J connectivity index is 1.36. The van der Waals surface area contributed by atoms with E-state index in [0.717, 1.165) is 50.0 Å². The number of hydrogen-bond acceptors (Lipinski definition) is 6. The minimum atomic E-state index is -0.985. The number of carboxylic acids is 1. The normalized spacial score (nSPS) is 15.6. The number of aromatic nitrogens is 2. The van der Waals surface area contributed by atoms with Crippen molar-refractivity contribution in [3.8, 4) is 0 Å². The Morgan fingerprint density at radius 1 is 1.28 bits per heavy atom. The van der Waals surface area contributed by atoms with Crippen molar-refractivity contribution in [2.24, 2.45) is 0 Å². The molecule has 3 heterocycles. The van der Waals surface area contributed by atoms with Crippen LogP contribution in [0.5, 0.6) is 0 Å². The van der Waals surface area contributed by atoms with Gasteiger partial charge in [-0.05, 0) is 61.4 Å². The number of nitrogens with zero attached hydrogens (tertiary/aromatic N) is 3. The van der Waals surface area contributed by atoms with Gasteiger partial charge in [0.2, 0.25) is 0 Å². The van der Waals surface area contributed by atoms with Crippen molar-refractivity contribution in [2.75, 3.05) is 19.4 Å². The molecule has 0 spiro atoms. The van der Waals surface area contributed by atoms with Crippen molar-refractivity contribution in [2.45, 2.75) is 56.9 Å². The van der Waals surface area contributed by atoms with Gasteiger partial charge in [-0.3, -0.25) is 9.59 Å². The first-order valence-electron chi connectivity index (χ1n) is 12.2. The Kier molecular flexibility index (Phi) is 8.30. The molecular weight excluding hydrogens is 479 g/mol. The molecule has 9 heteroatoms. The van der Waals surface area contributed by atoms with Gasteiger partial charge in [0.25, 0.3) is 5.91 Å². The zero-order chi connectivity index (χ0) is 25.7. The summed E-state index contributed by atoms with van der Waals surface area (Å²) in [6, 6.07) is 8.82. The van der Waals surface area contributed by atoms with Gasteiger partial charge in [-0.2, -0.15) is 0 Å². The van der Waals surface area contributed by atoms with E-state index in [1.54, 1.807) is 20.2 Å². The molecular formula is C27H31FN4O3S. The van der Waals surface area contributed by atoms with Crippen molar-refractivity contribution in [1.29, 1.82) is 0 Å². The first-order chi connectivity index (χ1) is 17.3. The summed E-state index contributed by atoms with van der Waals surface area (Å²) in [5, 5.41) is 15.6. The lowest BCUT2D eigenvalue weighted by Gasteiger charge is -2.25. The number of hydrogen-bond donors (Lipinski definition) is 2. The molecule has 0 bridgehead atoms. The molecule has 36 heavy (non-hydrogen) atoms. The number of pyridine rings is 1. The molecule has 0 saturated heterocycles. The number of rotatable bonds is 10. The number of fused-ring (bicyclic) bond motifs is 1. The molecule has 2 atom stereocenters. The van der Waals surface area contributed by atoms with E-state index >= 15 is 0 Å². The fourth-order valence-corrected chi connectivity index (χ4v) is 5.54. The quantitative estimate of drug-likeness (QED) is 0.368. The van der Waals surface area contributed by atoms with Crippen LogP contribution < -0.4 is 5.32 Å². The molecule has 3 aromatic rings. The molecule has 190 valence electrons. The molecule has 7 nitrogen and oxygen atoms in total. The SMILES string of the molecule is CN(C)C(=O)c1ccc(C(CC(=O)O)c2nc(CCCCC3CCc4cccnc4N3)cs2)cc1F. The van der Waals surface area contributed by atoms with Gasteiger partial charge in [-0.25, -0.2) is 14.4 Å². The van der Waals surface area contributed by atoms with Crippen LogP contribution in [0.4, 0.5) is 10.2 Å². The molecule has 0 saturated carbocycles. The Bertz CT molecular complexity index is 1230. The second-order valence-corrected chi connectivity index (χ2v) is 10.3. The number of unbranched alkanes of at least 4 members (excludes halogenated alkanes) is 1. The number of halogens is 1. The van der Waals surface area contributed by atoms with Gasteiger partial charge in [-0.1, -0.05) is 18.6 Å². The average Bonchev–Trinajstić information content (AvgIpc) is 3.33. The lowest BCUT2D eigenvalue weighted by molar-refractivity contribution is -0.137. The van der Waals surface area contributed by atoms with E-state index in [-0.39, 0.29) is 12.0 Å². The van der Waals surface area contributed by atoms with Crippen LogP contribution in [0.25, 0.3) is 0 Å². The largest absolute Gasteiger partial charge is 0.481 e. The predicted octanol–water partition coefficient (Wildman–Crippen LogP) is 5.13. The van der Waals surface area contributed by atoms with Crippen LogP contribution in [-0.2, 0) is 17.6 Å². The molecule has 1 aliphatic rings. The van der Waals surface area contributed by atoms with E-state index in [4.69, 9.17) is 4.98 Å². The first-order valence-corrected chi connectivity index (χ1v) is 13.1. The molecule has 1 amide bonds. The number of nitrogens with one attached hydrogen (secondary N) is 1. The van der Waals surface area contributed by atoms with Gasteiger partial charge in [0, 0.05) is 37.6 Å². The standard InChI is InChI=1S/C27H31FN4O3S/c1-32(2)27(35)21-12-10-18(14-23(21)28)22(15-24(33)34)26-31-20(16-36-26)8-4-3-7-19-11-9-17-6-5-13-29-25(17)30-19/h5-6,10,12-14,16,19,22H,3-4,7-9,11,15H2,1-2H3,(H,29,30)(H,33,34). The molecule has 2 N–H and O–H groups in total. The van der Waals surface area contributed by atoms with Crippen molar-refractivity contribution >= 4 is 29.0 Å². The number of carboxylic acid groups (broad SMARTS) is 1. The van der Waals surface area contributed by atoms with Gasteiger partial charge < -0.3 is 15.3 Å². The fourth-order valence-electron chi connectivity index (χ4n) is 4.56. The van der Waals surface area contributed by atoms with Gasteiger partial charge in [-0.15, -0.1) is 11.3 Å². The molecule has 2 unspecified atom stereocenters. The second kappa shape index (κ2) is 11.6. The first kappa shape index (κ1) is 25.8. The van der Waals surface area contributed by atoms with E-state index in [1.807, 2.05) is 17.6 Å². The van der Waals surface area contributed by atoms with Gasteiger partial charge in [0.15, 0.2) is 0 Å². The van der Waals surface area contributed by atoms with E-state index in [9.17, 15) is 19.1 Å². The Morgan fingerprint density at radius 2 is 2.11 bits per heavy atom. The summed E-state index contributed by atoms with van der Waals surface area (Å²) in [5.74, 6) is -1.65. The van der Waals surface area contributed by atoms with Crippen molar-refractivity contribution in [3.05, 3.63) is 75.1 Å². The van der Waals surface area contributed by atoms with Crippen LogP contribution in [0, 0.1) is 5.82 Å². The molecule has 4 rings (SSSR count). The van der Waals surface area contributed by atoms with Crippen LogP contribution in [0.2, 0.25) is 0 Å². The van der Waals surface area contributed by atoms with Gasteiger partial charge >= 0.3 is 5.97 Å². The van der Waals surface area contributed by atoms with Gasteiger partial charge in [0.1, 0.15) is 16.6 Å². The zero-order valence-corrected chi connectivity index (χ0v) is 21.4. The number of anilines is 1. The number of aryl methyl sites for hydroxylation is 2. The number of amides is 1. The van der Waals surface area contributed by atoms with E-state index in [0.29, 0.717) is 16.6 Å². The minimum Gasteiger partial charge on any atom is -0.481 e. The summed E-state index contributed by atoms with van der Waals surface area (Å²) in [5.41, 5.74) is 2.67. The lowest BCUT2D eigenvalue weighted by atomic mass is 9.94. The topological polar surface area (TPSA) is 95.4 Å². The number of carbonyl (C=O) groups is 2. The summed E-state index contributed by atoms with van der Waals surface area (Å²) in [6.45, 7) is 0. The van der Waals surface area contributed by atoms with Crippen LogP contribution in [0.3, 0.4) is 0 Å². The smallest absolute Gasteiger partial charge is 0.304 e. The number of aliphatic carboxylic acids is 1. The van der Waals surface area contributed by atoms with Crippen molar-refractivity contribution in [3.63, 3.8) is 0 Å². The highest BCUT2D eigenvalue weighted by molar-refractivity contribution is 7.09. The Morgan fingerprint density at radius 3 is 2.86 bits per heavy atom. The highest BCUT2D eigenvalue weighted by Gasteiger charge is 2.24. The third-order valence-corrected chi connectivity index (χ3v) is 7.52. The summed E-state index contributed by atoms with van der Waals surface area (Å²) < 4.78 is 14.7. The Hall–Kier alpha value is -3.33. The minimum absolute atomic E-state index is 0.0376. The Labute approximate surface area is 214 Å². The van der Waals surface area contributed by atoms with Crippen LogP contribution >= 0.6 is 11.3 Å². The molecule has 0 radical (unpaired) electrons. The molecule has 1 aromatic carbocycles. The fraction of sp³-hybridized carbons (Fsp3) is 0.407. The highest BCUT2D eigenvalue weighted by atomic mass is 32.1. The second-order valence-electron chi connectivity index (χ2n) is 9.40. The molecule has 0 aliphatic carbocycles. The van der Waals surface area contributed by atoms with Crippen LogP contribution in [0.1, 0.15) is 70.2 Å². The van der Waals surface area contributed by atoms with E-state index < -0.39 is 23.6 Å². The zero-order valence-electron chi connectivity index (χ0n) is 20.5. The highest BCUT2D eigenvalue weighted by Crippen LogP contribution is 2.32. The number of carbonyl (C=O) groups excluding carboxylic acids is 1. The van der Waals surface area contributed by atoms with Crippen molar-refractivity contribution < 1.29 is 19.1 Å². The van der Waals surface area contributed by atoms with Crippen molar-refractivity contribution in [1.82, 2.24) is 14.9 Å². The maximum atomic E-state index is 14.7. The van der Waals surface area contributed by atoms with Gasteiger partial charge in [0.05, 0.1) is 17.7 Å². The predicted molar refractivity (Wildman–Crippen MR) is 138 cm³/mol. The summed E-state index contributed by atoms with van der Waals surface area (Å²) in [6.07, 6.45) is 7.67. The van der Waals surface area contributed by atoms with Crippen LogP contribution in [0.15, 0.2) is 41.9 Å². The molecule has 2 aromatic heterocycles. The summed E-state index contributed by atoms with van der Waals surface area (Å²) in [7, 11) is 3.11. The molecule has 1 aliphatic heterocycles. The van der Waals surface area contributed by atoms with E-state index in [2.05, 4.69) is 16.4 Å². The maximum absolute atomic E-state index is 14.7. The van der Waals surface area contributed by atoms with E-state index in [1.165, 1.54) is 33.9 Å². The average molecular weight is 511 g/mol.